The second-order valence-electron chi connectivity index (χ2n) is 8.43. The van der Waals surface area contributed by atoms with Gasteiger partial charge in [-0.05, 0) is 65.6 Å². The first-order valence-corrected chi connectivity index (χ1v) is 13.0. The summed E-state index contributed by atoms with van der Waals surface area (Å²) < 4.78 is 33.5. The van der Waals surface area contributed by atoms with E-state index < -0.39 is 10.0 Å². The van der Waals surface area contributed by atoms with Crippen LogP contribution >= 0.6 is 0 Å². The average molecular weight is 487 g/mol. The van der Waals surface area contributed by atoms with Gasteiger partial charge in [-0.2, -0.15) is 4.31 Å². The Labute approximate surface area is 205 Å². The van der Waals surface area contributed by atoms with Crippen LogP contribution in [0.25, 0.3) is 10.8 Å². The largest absolute Gasteiger partial charge is 0.493 e. The lowest BCUT2D eigenvalue weighted by Crippen LogP contribution is -2.36. The minimum atomic E-state index is -3.59. The van der Waals surface area contributed by atoms with Crippen LogP contribution in [-0.2, 0) is 23.0 Å². The summed E-state index contributed by atoms with van der Waals surface area (Å²) in [6.07, 6.45) is 0.618. The fourth-order valence-corrected chi connectivity index (χ4v) is 5.95. The number of anilines is 1. The van der Waals surface area contributed by atoms with Crippen LogP contribution in [0.15, 0.2) is 89.8 Å². The first-order chi connectivity index (χ1) is 17.0. The number of benzene rings is 4. The molecule has 0 saturated heterocycles. The highest BCUT2D eigenvalue weighted by Crippen LogP contribution is 2.31. The van der Waals surface area contributed by atoms with Crippen LogP contribution in [0.4, 0.5) is 5.69 Å². The Balaban J connectivity index is 1.43. The van der Waals surface area contributed by atoms with Crippen molar-refractivity contribution in [1.29, 1.82) is 0 Å². The summed E-state index contributed by atoms with van der Waals surface area (Å²) in [4.78, 5) is 13.7. The number of nitrogens with zero attached hydrogens (tertiary/aromatic N) is 1. The molecule has 0 spiro atoms. The van der Waals surface area contributed by atoms with E-state index in [2.05, 4.69) is 5.32 Å². The van der Waals surface area contributed by atoms with Crippen LogP contribution < -0.4 is 10.1 Å². The Morgan fingerprint density at radius 2 is 1.71 bits per heavy atom. The standard InChI is InChI=1S/C28H26N2O4S/c1-2-34-26-15-13-21-8-6-7-11-25(21)27(26)28(31)29-23-14-12-20-16-17-30(19-22(20)18-23)35(32,33)24-9-4-3-5-10-24/h3-15,18H,2,16-17,19H2,1H3,(H,29,31). The fraction of sp³-hybridized carbons (Fsp3) is 0.179. The monoisotopic (exact) mass is 486 g/mol. The van der Waals surface area contributed by atoms with Crippen LogP contribution in [0.3, 0.4) is 0 Å². The number of fused-ring (bicyclic) bond motifs is 2. The van der Waals surface area contributed by atoms with Gasteiger partial charge in [0.1, 0.15) is 5.75 Å². The van der Waals surface area contributed by atoms with Gasteiger partial charge in [0.05, 0.1) is 17.1 Å². The van der Waals surface area contributed by atoms with Crippen molar-refractivity contribution in [3.05, 3.63) is 102 Å². The summed E-state index contributed by atoms with van der Waals surface area (Å²) in [5.41, 5.74) is 3.07. The quantitative estimate of drug-likeness (QED) is 0.405. The Hall–Kier alpha value is -3.68. The smallest absolute Gasteiger partial charge is 0.260 e. The van der Waals surface area contributed by atoms with E-state index in [9.17, 15) is 13.2 Å². The highest BCUT2D eigenvalue weighted by atomic mass is 32.2. The Morgan fingerprint density at radius 1 is 0.943 bits per heavy atom. The number of ether oxygens (including phenoxy) is 1. The number of amides is 1. The molecule has 0 radical (unpaired) electrons. The molecule has 4 aromatic carbocycles. The number of hydrogen-bond acceptors (Lipinski definition) is 4. The van der Waals surface area contributed by atoms with E-state index in [1.165, 1.54) is 4.31 Å². The Bertz CT molecular complexity index is 1500. The molecular formula is C28H26N2O4S. The molecule has 7 heteroatoms. The molecule has 0 bridgehead atoms. The third-order valence-electron chi connectivity index (χ3n) is 6.24. The van der Waals surface area contributed by atoms with Gasteiger partial charge < -0.3 is 10.1 Å². The van der Waals surface area contributed by atoms with E-state index in [1.54, 1.807) is 30.3 Å². The molecule has 0 aromatic heterocycles. The van der Waals surface area contributed by atoms with Crippen molar-refractivity contribution in [1.82, 2.24) is 4.31 Å². The molecule has 6 nitrogen and oxygen atoms in total. The van der Waals surface area contributed by atoms with Crippen LogP contribution in [0.5, 0.6) is 5.75 Å². The predicted octanol–water partition coefficient (Wildman–Crippen LogP) is 5.24. The van der Waals surface area contributed by atoms with E-state index in [1.807, 2.05) is 61.5 Å². The number of carbonyl (C=O) groups is 1. The van der Waals surface area contributed by atoms with Gasteiger partial charge in [-0.25, -0.2) is 8.42 Å². The second kappa shape index (κ2) is 9.52. The lowest BCUT2D eigenvalue weighted by Gasteiger charge is -2.28. The Morgan fingerprint density at radius 3 is 2.51 bits per heavy atom. The SMILES string of the molecule is CCOc1ccc2ccccc2c1C(=O)Nc1ccc2c(c1)CN(S(=O)(=O)c1ccccc1)CC2. The zero-order chi connectivity index (χ0) is 24.4. The molecule has 1 heterocycles. The maximum absolute atomic E-state index is 13.4. The molecule has 5 rings (SSSR count). The van der Waals surface area contributed by atoms with Gasteiger partial charge in [-0.15, -0.1) is 0 Å². The minimum absolute atomic E-state index is 0.259. The molecule has 1 aliphatic rings. The van der Waals surface area contributed by atoms with E-state index in [-0.39, 0.29) is 17.3 Å². The van der Waals surface area contributed by atoms with Gasteiger partial charge in [-0.3, -0.25) is 4.79 Å². The van der Waals surface area contributed by atoms with Gasteiger partial charge >= 0.3 is 0 Å². The topological polar surface area (TPSA) is 75.7 Å². The normalized spacial score (nSPS) is 13.9. The number of hydrogen-bond donors (Lipinski definition) is 1. The van der Waals surface area contributed by atoms with Gasteiger partial charge in [0.15, 0.2) is 0 Å². The van der Waals surface area contributed by atoms with Crippen molar-refractivity contribution >= 4 is 32.4 Å². The van der Waals surface area contributed by atoms with Crippen molar-refractivity contribution < 1.29 is 17.9 Å². The van der Waals surface area contributed by atoms with Crippen molar-refractivity contribution in [2.24, 2.45) is 0 Å². The summed E-state index contributed by atoms with van der Waals surface area (Å²) >= 11 is 0. The molecular weight excluding hydrogens is 460 g/mol. The third kappa shape index (κ3) is 4.52. The highest BCUT2D eigenvalue weighted by molar-refractivity contribution is 7.89. The molecule has 1 aliphatic heterocycles. The first-order valence-electron chi connectivity index (χ1n) is 11.6. The maximum Gasteiger partial charge on any atom is 0.260 e. The molecule has 0 saturated carbocycles. The number of carbonyl (C=O) groups excluding carboxylic acids is 1. The molecule has 0 fully saturated rings. The first kappa shape index (κ1) is 23.1. The van der Waals surface area contributed by atoms with Crippen LogP contribution in [0.2, 0.25) is 0 Å². The zero-order valence-corrected chi connectivity index (χ0v) is 20.2. The summed E-state index contributed by atoms with van der Waals surface area (Å²) in [5, 5.41) is 4.76. The average Bonchev–Trinajstić information content (AvgIpc) is 2.88. The van der Waals surface area contributed by atoms with Crippen LogP contribution in [-0.4, -0.2) is 31.8 Å². The lowest BCUT2D eigenvalue weighted by atomic mass is 10.00. The van der Waals surface area contributed by atoms with Crippen LogP contribution in [0.1, 0.15) is 28.4 Å². The van der Waals surface area contributed by atoms with Crippen molar-refractivity contribution in [3.8, 4) is 5.75 Å². The number of sulfonamides is 1. The zero-order valence-electron chi connectivity index (χ0n) is 19.4. The van der Waals surface area contributed by atoms with E-state index in [4.69, 9.17) is 4.74 Å². The summed E-state index contributed by atoms with van der Waals surface area (Å²) in [5.74, 6) is 0.261. The van der Waals surface area contributed by atoms with E-state index >= 15 is 0 Å². The molecule has 0 aliphatic carbocycles. The summed E-state index contributed by atoms with van der Waals surface area (Å²) in [6.45, 7) is 3.01. The molecule has 1 amide bonds. The minimum Gasteiger partial charge on any atom is -0.493 e. The molecule has 1 N–H and O–H groups in total. The Kier molecular flexibility index (Phi) is 6.28. The van der Waals surface area contributed by atoms with Crippen molar-refractivity contribution in [3.63, 3.8) is 0 Å². The number of nitrogens with one attached hydrogen (secondary N) is 1. The molecule has 4 aromatic rings. The van der Waals surface area contributed by atoms with Gasteiger partial charge in [0, 0.05) is 18.8 Å². The van der Waals surface area contributed by atoms with Crippen molar-refractivity contribution in [2.75, 3.05) is 18.5 Å². The molecule has 178 valence electrons. The molecule has 35 heavy (non-hydrogen) atoms. The second-order valence-corrected chi connectivity index (χ2v) is 10.4. The lowest BCUT2D eigenvalue weighted by molar-refractivity contribution is 0.102. The highest BCUT2D eigenvalue weighted by Gasteiger charge is 2.28. The van der Waals surface area contributed by atoms with Gasteiger partial charge in [0.2, 0.25) is 10.0 Å². The summed E-state index contributed by atoms with van der Waals surface area (Å²) in [7, 11) is -3.59. The van der Waals surface area contributed by atoms with E-state index in [0.717, 1.165) is 21.9 Å². The maximum atomic E-state index is 13.4. The fourth-order valence-electron chi connectivity index (χ4n) is 4.51. The van der Waals surface area contributed by atoms with E-state index in [0.29, 0.717) is 36.6 Å². The van der Waals surface area contributed by atoms with Crippen LogP contribution in [0, 0.1) is 0 Å². The predicted molar refractivity (Wildman–Crippen MR) is 137 cm³/mol. The van der Waals surface area contributed by atoms with Crippen molar-refractivity contribution in [2.45, 2.75) is 24.8 Å². The summed E-state index contributed by atoms with van der Waals surface area (Å²) in [6, 6.07) is 25.6. The number of rotatable bonds is 6. The molecule has 0 atom stereocenters. The van der Waals surface area contributed by atoms with Gasteiger partial charge in [-0.1, -0.05) is 54.6 Å². The third-order valence-corrected chi connectivity index (χ3v) is 8.10. The van der Waals surface area contributed by atoms with Gasteiger partial charge in [0.25, 0.3) is 5.91 Å². The molecule has 0 unspecified atom stereocenters.